The molecule has 6 heteroatoms. The molecule has 0 amide bonds. The molecule has 0 bridgehead atoms. The van der Waals surface area contributed by atoms with Crippen molar-refractivity contribution >= 4 is 10.0 Å². The molecular formula is C14H20N2O3S. The maximum Gasteiger partial charge on any atom is 0.216 e. The van der Waals surface area contributed by atoms with Crippen LogP contribution in [-0.4, -0.2) is 28.2 Å². The predicted octanol–water partition coefficient (Wildman–Crippen LogP) is 1.79. The minimum absolute atomic E-state index is 0.0946. The summed E-state index contributed by atoms with van der Waals surface area (Å²) >= 11 is 0. The SMILES string of the molecule is CCCC(COC)NS(=O)(=O)Cc1ccc(C#N)cc1. The quantitative estimate of drug-likeness (QED) is 0.793. The van der Waals surface area contributed by atoms with Crippen LogP contribution in [-0.2, 0) is 20.5 Å². The summed E-state index contributed by atoms with van der Waals surface area (Å²) in [4.78, 5) is 0. The van der Waals surface area contributed by atoms with Crippen molar-refractivity contribution in [3.8, 4) is 6.07 Å². The summed E-state index contributed by atoms with van der Waals surface area (Å²) in [5.74, 6) is -0.0946. The molecule has 0 fully saturated rings. The van der Waals surface area contributed by atoms with Gasteiger partial charge in [-0.3, -0.25) is 0 Å². The Kier molecular flexibility index (Phi) is 6.65. The fourth-order valence-corrected chi connectivity index (χ4v) is 3.32. The highest BCUT2D eigenvalue weighted by Crippen LogP contribution is 2.09. The highest BCUT2D eigenvalue weighted by molar-refractivity contribution is 7.88. The van der Waals surface area contributed by atoms with Gasteiger partial charge in [-0.05, 0) is 24.1 Å². The summed E-state index contributed by atoms with van der Waals surface area (Å²) in [5.41, 5.74) is 1.17. The predicted molar refractivity (Wildman–Crippen MR) is 77.5 cm³/mol. The number of benzene rings is 1. The highest BCUT2D eigenvalue weighted by Gasteiger charge is 2.17. The minimum Gasteiger partial charge on any atom is -0.383 e. The maximum atomic E-state index is 12.1. The van der Waals surface area contributed by atoms with Gasteiger partial charge < -0.3 is 4.74 Å². The van der Waals surface area contributed by atoms with E-state index in [0.29, 0.717) is 17.7 Å². The number of methoxy groups -OCH3 is 1. The van der Waals surface area contributed by atoms with Gasteiger partial charge in [0, 0.05) is 13.2 Å². The molecular weight excluding hydrogens is 276 g/mol. The van der Waals surface area contributed by atoms with Gasteiger partial charge in [0.1, 0.15) is 0 Å². The molecule has 0 aliphatic rings. The molecule has 1 atom stereocenters. The van der Waals surface area contributed by atoms with Crippen LogP contribution in [0, 0.1) is 11.3 Å². The van der Waals surface area contributed by atoms with Crippen molar-refractivity contribution < 1.29 is 13.2 Å². The van der Waals surface area contributed by atoms with Gasteiger partial charge >= 0.3 is 0 Å². The van der Waals surface area contributed by atoms with E-state index in [1.165, 1.54) is 0 Å². The molecule has 0 saturated heterocycles. The van der Waals surface area contributed by atoms with Crippen molar-refractivity contribution in [1.29, 1.82) is 5.26 Å². The molecule has 0 heterocycles. The molecule has 0 aliphatic carbocycles. The van der Waals surface area contributed by atoms with Crippen molar-refractivity contribution in [3.05, 3.63) is 35.4 Å². The standard InChI is InChI=1S/C14H20N2O3S/c1-3-4-14(10-19-2)16-20(17,18)11-13-7-5-12(9-15)6-8-13/h5-8,14,16H,3-4,10-11H2,1-2H3. The number of ether oxygens (including phenoxy) is 1. The van der Waals surface area contributed by atoms with Crippen LogP contribution in [0.25, 0.3) is 0 Å². The van der Waals surface area contributed by atoms with Crippen LogP contribution in [0.5, 0.6) is 0 Å². The number of rotatable bonds is 8. The van der Waals surface area contributed by atoms with Gasteiger partial charge in [-0.15, -0.1) is 0 Å². The number of nitriles is 1. The van der Waals surface area contributed by atoms with Gasteiger partial charge in [0.2, 0.25) is 10.0 Å². The molecule has 0 aliphatic heterocycles. The Morgan fingerprint density at radius 1 is 1.35 bits per heavy atom. The lowest BCUT2D eigenvalue weighted by Crippen LogP contribution is -2.38. The average molecular weight is 296 g/mol. The monoisotopic (exact) mass is 296 g/mol. The van der Waals surface area contributed by atoms with Crippen LogP contribution in [0.1, 0.15) is 30.9 Å². The van der Waals surface area contributed by atoms with Crippen LogP contribution in [0.3, 0.4) is 0 Å². The van der Waals surface area contributed by atoms with Gasteiger partial charge in [-0.25, -0.2) is 13.1 Å². The van der Waals surface area contributed by atoms with Gasteiger partial charge in [-0.2, -0.15) is 5.26 Å². The Labute approximate surface area is 120 Å². The zero-order valence-corrected chi connectivity index (χ0v) is 12.6. The first-order chi connectivity index (χ1) is 9.50. The van der Waals surface area contributed by atoms with Crippen molar-refractivity contribution in [1.82, 2.24) is 4.72 Å². The average Bonchev–Trinajstić information content (AvgIpc) is 2.39. The fourth-order valence-electron chi connectivity index (χ4n) is 1.92. The third kappa shape index (κ3) is 5.70. The molecule has 5 nitrogen and oxygen atoms in total. The summed E-state index contributed by atoms with van der Waals surface area (Å²) in [6, 6.07) is 8.34. The van der Waals surface area contributed by atoms with Gasteiger partial charge in [-0.1, -0.05) is 25.5 Å². The van der Waals surface area contributed by atoms with E-state index in [9.17, 15) is 8.42 Å². The van der Waals surface area contributed by atoms with E-state index in [2.05, 4.69) is 4.72 Å². The third-order valence-electron chi connectivity index (χ3n) is 2.79. The van der Waals surface area contributed by atoms with Crippen molar-refractivity contribution in [2.45, 2.75) is 31.6 Å². The van der Waals surface area contributed by atoms with Crippen LogP contribution < -0.4 is 4.72 Å². The number of nitrogens with one attached hydrogen (secondary N) is 1. The van der Waals surface area contributed by atoms with E-state index >= 15 is 0 Å². The lowest BCUT2D eigenvalue weighted by molar-refractivity contribution is 0.171. The molecule has 20 heavy (non-hydrogen) atoms. The summed E-state index contributed by atoms with van der Waals surface area (Å²) in [5, 5.41) is 8.70. The number of nitrogens with zero attached hydrogens (tertiary/aromatic N) is 1. The summed E-state index contributed by atoms with van der Waals surface area (Å²) < 4.78 is 31.8. The van der Waals surface area contributed by atoms with Gasteiger partial charge in [0.25, 0.3) is 0 Å². The molecule has 110 valence electrons. The summed E-state index contributed by atoms with van der Waals surface area (Å²) in [7, 11) is -1.86. The van der Waals surface area contributed by atoms with E-state index < -0.39 is 10.0 Å². The van der Waals surface area contributed by atoms with E-state index in [0.717, 1.165) is 12.8 Å². The van der Waals surface area contributed by atoms with Crippen molar-refractivity contribution in [2.75, 3.05) is 13.7 Å². The minimum atomic E-state index is -3.41. The second kappa shape index (κ2) is 8.00. The van der Waals surface area contributed by atoms with Crippen molar-refractivity contribution in [2.24, 2.45) is 0 Å². The Bertz CT molecular complexity index is 541. The molecule has 1 aromatic rings. The van der Waals surface area contributed by atoms with E-state index in [1.54, 1.807) is 31.4 Å². The molecule has 0 saturated carbocycles. The second-order valence-corrected chi connectivity index (χ2v) is 6.38. The lowest BCUT2D eigenvalue weighted by atomic mass is 10.2. The largest absolute Gasteiger partial charge is 0.383 e. The molecule has 1 aromatic carbocycles. The van der Waals surface area contributed by atoms with E-state index in [4.69, 9.17) is 10.00 Å². The molecule has 1 unspecified atom stereocenters. The van der Waals surface area contributed by atoms with E-state index in [-0.39, 0.29) is 11.8 Å². The molecule has 0 spiro atoms. The summed E-state index contributed by atoms with van der Waals surface area (Å²) in [6.45, 7) is 2.36. The Morgan fingerprint density at radius 2 is 2.00 bits per heavy atom. The molecule has 0 radical (unpaired) electrons. The van der Waals surface area contributed by atoms with Crippen LogP contribution >= 0.6 is 0 Å². The molecule has 1 rings (SSSR count). The Morgan fingerprint density at radius 3 is 2.50 bits per heavy atom. The smallest absolute Gasteiger partial charge is 0.216 e. The van der Waals surface area contributed by atoms with Crippen LogP contribution in [0.2, 0.25) is 0 Å². The number of hydrogen-bond acceptors (Lipinski definition) is 4. The maximum absolute atomic E-state index is 12.1. The van der Waals surface area contributed by atoms with Crippen LogP contribution in [0.4, 0.5) is 0 Å². The molecule has 0 aromatic heterocycles. The first-order valence-electron chi connectivity index (χ1n) is 6.48. The number of sulfonamides is 1. The van der Waals surface area contributed by atoms with Gasteiger partial charge in [0.05, 0.1) is 24.0 Å². The first kappa shape index (κ1) is 16.6. The zero-order valence-electron chi connectivity index (χ0n) is 11.8. The fraction of sp³-hybridized carbons (Fsp3) is 0.500. The number of hydrogen-bond donors (Lipinski definition) is 1. The normalized spacial score (nSPS) is 12.8. The zero-order chi connectivity index (χ0) is 15.0. The van der Waals surface area contributed by atoms with E-state index in [1.807, 2.05) is 13.0 Å². The first-order valence-corrected chi connectivity index (χ1v) is 8.14. The van der Waals surface area contributed by atoms with Crippen molar-refractivity contribution in [3.63, 3.8) is 0 Å². The highest BCUT2D eigenvalue weighted by atomic mass is 32.2. The Balaban J connectivity index is 2.70. The lowest BCUT2D eigenvalue weighted by Gasteiger charge is -2.17. The second-order valence-electron chi connectivity index (χ2n) is 4.63. The molecule has 1 N–H and O–H groups in total. The Hall–Kier alpha value is -1.42. The summed E-state index contributed by atoms with van der Waals surface area (Å²) in [6.07, 6.45) is 1.62. The van der Waals surface area contributed by atoms with Crippen LogP contribution in [0.15, 0.2) is 24.3 Å². The topological polar surface area (TPSA) is 79.2 Å². The third-order valence-corrected chi connectivity index (χ3v) is 4.20. The van der Waals surface area contributed by atoms with Gasteiger partial charge in [0.15, 0.2) is 0 Å².